The molecule has 0 aromatic carbocycles. The van der Waals surface area contributed by atoms with Crippen LogP contribution in [0.1, 0.15) is 59.3 Å². The molecule has 0 aromatic heterocycles. The fourth-order valence-electron chi connectivity index (χ4n) is 2.47. The first-order chi connectivity index (χ1) is 11.1. The maximum Gasteiger partial charge on any atom is 0.303 e. The Balaban J connectivity index is 2.53. The predicted octanol–water partition coefficient (Wildman–Crippen LogP) is 3.13. The van der Waals surface area contributed by atoms with E-state index >= 15 is 0 Å². The van der Waals surface area contributed by atoms with Gasteiger partial charge >= 0.3 is 5.97 Å². The molecule has 2 N–H and O–H groups in total. The van der Waals surface area contributed by atoms with Gasteiger partial charge in [-0.25, -0.2) is 0 Å². The molecule has 1 aliphatic rings. The molecular formula is C19H26O5. The van der Waals surface area contributed by atoms with Gasteiger partial charge in [0, 0.05) is 19.3 Å². The molecule has 1 atom stereocenters. The molecular weight excluding hydrogens is 308 g/mol. The van der Waals surface area contributed by atoms with E-state index in [1.54, 1.807) is 13.0 Å². The Morgan fingerprint density at radius 2 is 1.79 bits per heavy atom. The second kappa shape index (κ2) is 8.73. The average Bonchev–Trinajstić information content (AvgIpc) is 2.49. The van der Waals surface area contributed by atoms with Crippen molar-refractivity contribution >= 4 is 17.5 Å². The van der Waals surface area contributed by atoms with E-state index in [1.807, 2.05) is 19.9 Å². The zero-order valence-corrected chi connectivity index (χ0v) is 14.6. The van der Waals surface area contributed by atoms with E-state index in [2.05, 4.69) is 0 Å². The first-order valence-corrected chi connectivity index (χ1v) is 8.15. The minimum Gasteiger partial charge on any atom is -0.481 e. The van der Waals surface area contributed by atoms with Crippen molar-refractivity contribution in [3.05, 3.63) is 34.9 Å². The molecule has 1 aliphatic carbocycles. The van der Waals surface area contributed by atoms with E-state index in [1.165, 1.54) is 6.08 Å². The van der Waals surface area contributed by atoms with E-state index in [0.717, 1.165) is 24.0 Å². The molecule has 0 saturated carbocycles. The SMILES string of the molecule is CC1=CC(=O)[C@@](O)(C/C=C(\C)CC/C=C(\C)CCC(=O)O)CC1=O. The van der Waals surface area contributed by atoms with Gasteiger partial charge in [0.05, 0.1) is 0 Å². The van der Waals surface area contributed by atoms with E-state index in [0.29, 0.717) is 12.0 Å². The number of carbonyl (C=O) groups excluding carboxylic acids is 2. The van der Waals surface area contributed by atoms with Crippen LogP contribution in [-0.2, 0) is 14.4 Å². The topological polar surface area (TPSA) is 91.7 Å². The summed E-state index contributed by atoms with van der Waals surface area (Å²) in [5.41, 5.74) is 0.840. The summed E-state index contributed by atoms with van der Waals surface area (Å²) in [6, 6.07) is 0. The van der Waals surface area contributed by atoms with Crippen LogP contribution in [0.4, 0.5) is 0 Å². The van der Waals surface area contributed by atoms with Crippen LogP contribution in [0.25, 0.3) is 0 Å². The second-order valence-electron chi connectivity index (χ2n) is 6.56. The second-order valence-corrected chi connectivity index (χ2v) is 6.56. The number of Topliss-reactive ketones (excluding diaryl/α,β-unsaturated/α-hetero) is 1. The van der Waals surface area contributed by atoms with Gasteiger partial charge in [-0.15, -0.1) is 0 Å². The quantitative estimate of drug-likeness (QED) is 0.665. The minimum absolute atomic E-state index is 0.132. The highest BCUT2D eigenvalue weighted by Crippen LogP contribution is 2.26. The van der Waals surface area contributed by atoms with Gasteiger partial charge in [0.2, 0.25) is 0 Å². The van der Waals surface area contributed by atoms with Crippen LogP contribution in [0.15, 0.2) is 34.9 Å². The molecule has 0 saturated heterocycles. The smallest absolute Gasteiger partial charge is 0.303 e. The maximum absolute atomic E-state index is 11.9. The van der Waals surface area contributed by atoms with Gasteiger partial charge in [-0.1, -0.05) is 23.3 Å². The van der Waals surface area contributed by atoms with E-state index < -0.39 is 17.4 Å². The Labute approximate surface area is 142 Å². The Kier molecular flexibility index (Phi) is 7.29. The van der Waals surface area contributed by atoms with E-state index in [4.69, 9.17) is 5.11 Å². The van der Waals surface area contributed by atoms with Crippen LogP contribution in [0.2, 0.25) is 0 Å². The van der Waals surface area contributed by atoms with Crippen molar-refractivity contribution in [2.24, 2.45) is 0 Å². The number of allylic oxidation sites excluding steroid dienone is 4. The van der Waals surface area contributed by atoms with Gasteiger partial charge in [-0.2, -0.15) is 0 Å². The van der Waals surface area contributed by atoms with Crippen molar-refractivity contribution in [2.45, 2.75) is 64.9 Å². The number of aliphatic hydroxyl groups is 1. The number of carboxylic acid groups (broad SMARTS) is 1. The monoisotopic (exact) mass is 334 g/mol. The zero-order chi connectivity index (χ0) is 18.3. The summed E-state index contributed by atoms with van der Waals surface area (Å²) in [4.78, 5) is 34.2. The summed E-state index contributed by atoms with van der Waals surface area (Å²) in [5, 5.41) is 19.0. The van der Waals surface area contributed by atoms with Gasteiger partial charge in [-0.05, 0) is 51.7 Å². The Bertz CT molecular complexity index is 609. The molecule has 0 unspecified atom stereocenters. The van der Waals surface area contributed by atoms with Crippen molar-refractivity contribution < 1.29 is 24.6 Å². The first kappa shape index (κ1) is 20.0. The molecule has 0 amide bonds. The molecule has 0 aromatic rings. The molecule has 0 heterocycles. The van der Waals surface area contributed by atoms with Crippen LogP contribution in [0.3, 0.4) is 0 Å². The molecule has 24 heavy (non-hydrogen) atoms. The molecule has 132 valence electrons. The van der Waals surface area contributed by atoms with Crippen molar-refractivity contribution in [2.75, 3.05) is 0 Å². The first-order valence-electron chi connectivity index (χ1n) is 8.15. The Morgan fingerprint density at radius 3 is 2.42 bits per heavy atom. The lowest BCUT2D eigenvalue weighted by molar-refractivity contribution is -0.139. The van der Waals surface area contributed by atoms with Gasteiger partial charge in [0.25, 0.3) is 0 Å². The largest absolute Gasteiger partial charge is 0.481 e. The highest BCUT2D eigenvalue weighted by molar-refractivity contribution is 6.12. The molecule has 0 fully saturated rings. The van der Waals surface area contributed by atoms with Gasteiger partial charge < -0.3 is 10.2 Å². The normalized spacial score (nSPS) is 22.6. The summed E-state index contributed by atoms with van der Waals surface area (Å²) in [5.74, 6) is -1.41. The molecule has 0 bridgehead atoms. The number of aliphatic carboxylic acids is 1. The lowest BCUT2D eigenvalue weighted by Crippen LogP contribution is -2.42. The Morgan fingerprint density at radius 1 is 1.17 bits per heavy atom. The fraction of sp³-hybridized carbons (Fsp3) is 0.526. The molecule has 1 rings (SSSR count). The number of rotatable bonds is 8. The standard InChI is InChI=1S/C19H26O5/c1-13(7-8-18(22)23)5-4-6-14(2)9-10-19(24)12-16(20)15(3)11-17(19)21/h5,9,11,24H,4,6-8,10,12H2,1-3H3,(H,22,23)/b13-5+,14-9+/t19-/m1/s1. The third kappa shape index (κ3) is 6.24. The van der Waals surface area contributed by atoms with Crippen LogP contribution in [0.5, 0.6) is 0 Å². The maximum atomic E-state index is 11.9. The molecule has 0 radical (unpaired) electrons. The zero-order valence-electron chi connectivity index (χ0n) is 14.6. The fourth-order valence-corrected chi connectivity index (χ4v) is 2.47. The lowest BCUT2D eigenvalue weighted by atomic mass is 9.81. The van der Waals surface area contributed by atoms with Crippen LogP contribution < -0.4 is 0 Å². The average molecular weight is 334 g/mol. The van der Waals surface area contributed by atoms with Gasteiger partial charge in [0.15, 0.2) is 11.6 Å². The van der Waals surface area contributed by atoms with Crippen LogP contribution >= 0.6 is 0 Å². The van der Waals surface area contributed by atoms with Gasteiger partial charge in [-0.3, -0.25) is 14.4 Å². The lowest BCUT2D eigenvalue weighted by Gasteiger charge is -2.27. The third-order valence-corrected chi connectivity index (χ3v) is 4.25. The summed E-state index contributed by atoms with van der Waals surface area (Å²) in [6.07, 6.45) is 7.23. The van der Waals surface area contributed by atoms with Crippen LogP contribution in [-0.4, -0.2) is 33.3 Å². The number of ketones is 2. The van der Waals surface area contributed by atoms with Gasteiger partial charge in [0.1, 0.15) is 5.60 Å². The number of hydrogen-bond acceptors (Lipinski definition) is 4. The molecule has 0 aliphatic heterocycles. The summed E-state index contributed by atoms with van der Waals surface area (Å²) < 4.78 is 0. The Hall–Kier alpha value is -2.01. The van der Waals surface area contributed by atoms with Crippen molar-refractivity contribution in [1.29, 1.82) is 0 Å². The van der Waals surface area contributed by atoms with Crippen LogP contribution in [0, 0.1) is 0 Å². The van der Waals surface area contributed by atoms with Crippen molar-refractivity contribution in [3.63, 3.8) is 0 Å². The summed E-state index contributed by atoms with van der Waals surface area (Å²) >= 11 is 0. The molecule has 5 nitrogen and oxygen atoms in total. The number of carboxylic acids is 1. The number of carbonyl (C=O) groups is 3. The molecule has 5 heteroatoms. The highest BCUT2D eigenvalue weighted by atomic mass is 16.4. The van der Waals surface area contributed by atoms with Crippen molar-refractivity contribution in [3.8, 4) is 0 Å². The summed E-state index contributed by atoms with van der Waals surface area (Å²) in [6.45, 7) is 5.41. The summed E-state index contributed by atoms with van der Waals surface area (Å²) in [7, 11) is 0. The predicted molar refractivity (Wildman–Crippen MR) is 91.6 cm³/mol. The van der Waals surface area contributed by atoms with E-state index in [9.17, 15) is 19.5 Å². The minimum atomic E-state index is -1.62. The highest BCUT2D eigenvalue weighted by Gasteiger charge is 2.39. The number of hydrogen-bond donors (Lipinski definition) is 2. The van der Waals surface area contributed by atoms with Crippen molar-refractivity contribution in [1.82, 2.24) is 0 Å². The molecule has 0 spiro atoms. The van der Waals surface area contributed by atoms with E-state index in [-0.39, 0.29) is 25.0 Å². The third-order valence-electron chi connectivity index (χ3n) is 4.25.